The number of carbonyl (C=O) groups is 2. The van der Waals surface area contributed by atoms with Crippen LogP contribution in [-0.4, -0.2) is 41.7 Å². The second-order valence-electron chi connectivity index (χ2n) is 4.75. The molecule has 1 aliphatic rings. The first-order valence-electron chi connectivity index (χ1n) is 6.24. The van der Waals surface area contributed by atoms with Crippen molar-refractivity contribution in [2.45, 2.75) is 12.8 Å². The molecule has 0 bridgehead atoms. The summed E-state index contributed by atoms with van der Waals surface area (Å²) in [5, 5.41) is 12.3. The predicted molar refractivity (Wildman–Crippen MR) is 71.7 cm³/mol. The molecule has 0 aromatic carbocycles. The van der Waals surface area contributed by atoms with Crippen molar-refractivity contribution < 1.29 is 19.4 Å². The van der Waals surface area contributed by atoms with Crippen LogP contribution in [0.5, 0.6) is 0 Å². The average molecular weight is 299 g/mol. The average Bonchev–Trinajstić information content (AvgIpc) is 2.46. The van der Waals surface area contributed by atoms with Gasteiger partial charge in [0.1, 0.15) is 5.15 Å². The fourth-order valence-corrected chi connectivity index (χ4v) is 2.20. The smallest absolute Gasteiger partial charge is 0.311 e. The molecule has 0 spiro atoms. The van der Waals surface area contributed by atoms with Gasteiger partial charge in [-0.3, -0.25) is 9.59 Å². The molecule has 1 aliphatic heterocycles. The normalized spacial score (nSPS) is 17.4. The van der Waals surface area contributed by atoms with Crippen LogP contribution >= 0.6 is 11.6 Å². The lowest BCUT2D eigenvalue weighted by molar-refractivity contribution is -0.154. The number of rotatable bonds is 4. The van der Waals surface area contributed by atoms with Gasteiger partial charge in [0, 0.05) is 26.0 Å². The van der Waals surface area contributed by atoms with Crippen molar-refractivity contribution in [1.82, 2.24) is 10.3 Å². The van der Waals surface area contributed by atoms with Crippen molar-refractivity contribution in [2.24, 2.45) is 5.41 Å². The molecule has 0 unspecified atom stereocenters. The Kier molecular flexibility index (Phi) is 4.57. The van der Waals surface area contributed by atoms with E-state index in [1.165, 1.54) is 12.3 Å². The summed E-state index contributed by atoms with van der Waals surface area (Å²) in [6, 6.07) is 3.06. The molecule has 0 aliphatic carbocycles. The standard InChI is InChI=1S/C13H15ClN2O4/c14-10-2-1-9(7-15-10)11(17)16-8-13(12(18)19)3-5-20-6-4-13/h1-2,7H,3-6,8H2,(H,16,17)(H,18,19). The fourth-order valence-electron chi connectivity index (χ4n) is 2.09. The summed E-state index contributed by atoms with van der Waals surface area (Å²) < 4.78 is 5.18. The first-order valence-corrected chi connectivity index (χ1v) is 6.62. The minimum Gasteiger partial charge on any atom is -0.481 e. The number of aliphatic carboxylic acids is 1. The van der Waals surface area contributed by atoms with E-state index in [1.807, 2.05) is 0 Å². The Morgan fingerprint density at radius 1 is 1.40 bits per heavy atom. The van der Waals surface area contributed by atoms with Gasteiger partial charge in [0.2, 0.25) is 0 Å². The Morgan fingerprint density at radius 3 is 2.65 bits per heavy atom. The summed E-state index contributed by atoms with van der Waals surface area (Å²) in [5.74, 6) is -1.27. The van der Waals surface area contributed by atoms with E-state index < -0.39 is 11.4 Å². The molecule has 0 radical (unpaired) electrons. The Morgan fingerprint density at radius 2 is 2.10 bits per heavy atom. The summed E-state index contributed by atoms with van der Waals surface area (Å²) in [6.07, 6.45) is 2.14. The van der Waals surface area contributed by atoms with Crippen molar-refractivity contribution in [3.8, 4) is 0 Å². The predicted octanol–water partition coefficient (Wildman–Crippen LogP) is 1.35. The molecule has 1 saturated heterocycles. The highest BCUT2D eigenvalue weighted by Crippen LogP contribution is 2.30. The number of amides is 1. The Balaban J connectivity index is 2.00. The van der Waals surface area contributed by atoms with Gasteiger partial charge >= 0.3 is 5.97 Å². The first-order chi connectivity index (χ1) is 9.53. The van der Waals surface area contributed by atoms with Gasteiger partial charge in [-0.2, -0.15) is 0 Å². The molecule has 20 heavy (non-hydrogen) atoms. The minimum absolute atomic E-state index is 0.0765. The van der Waals surface area contributed by atoms with Crippen molar-refractivity contribution in [3.05, 3.63) is 29.0 Å². The van der Waals surface area contributed by atoms with E-state index in [1.54, 1.807) is 6.07 Å². The Hall–Kier alpha value is -1.66. The topological polar surface area (TPSA) is 88.5 Å². The highest BCUT2D eigenvalue weighted by molar-refractivity contribution is 6.29. The summed E-state index contributed by atoms with van der Waals surface area (Å²) in [6.45, 7) is 0.864. The number of aromatic nitrogens is 1. The fraction of sp³-hybridized carbons (Fsp3) is 0.462. The van der Waals surface area contributed by atoms with Crippen LogP contribution in [0.2, 0.25) is 5.15 Å². The molecule has 0 atom stereocenters. The zero-order valence-electron chi connectivity index (χ0n) is 10.8. The van der Waals surface area contributed by atoms with Crippen LogP contribution in [0, 0.1) is 5.41 Å². The third-order valence-electron chi connectivity index (χ3n) is 3.48. The number of nitrogens with zero attached hydrogens (tertiary/aromatic N) is 1. The Bertz CT molecular complexity index is 498. The molecule has 7 heteroatoms. The third kappa shape index (κ3) is 3.26. The second kappa shape index (κ2) is 6.19. The van der Waals surface area contributed by atoms with Gasteiger partial charge in [0.15, 0.2) is 0 Å². The molecule has 1 amide bonds. The lowest BCUT2D eigenvalue weighted by Gasteiger charge is -2.33. The van der Waals surface area contributed by atoms with Crippen molar-refractivity contribution in [3.63, 3.8) is 0 Å². The number of carboxylic acids is 1. The highest BCUT2D eigenvalue weighted by atomic mass is 35.5. The summed E-state index contributed by atoms with van der Waals surface area (Å²) in [5.41, 5.74) is -0.602. The summed E-state index contributed by atoms with van der Waals surface area (Å²) >= 11 is 5.64. The van der Waals surface area contributed by atoms with E-state index in [0.29, 0.717) is 36.8 Å². The molecular formula is C13H15ClN2O4. The number of halogens is 1. The molecule has 6 nitrogen and oxygen atoms in total. The van der Waals surface area contributed by atoms with Gasteiger partial charge in [0.05, 0.1) is 11.0 Å². The third-order valence-corrected chi connectivity index (χ3v) is 3.70. The van der Waals surface area contributed by atoms with Crippen molar-refractivity contribution >= 4 is 23.5 Å². The van der Waals surface area contributed by atoms with E-state index in [2.05, 4.69) is 10.3 Å². The molecule has 1 aromatic heterocycles. The number of nitrogens with one attached hydrogen (secondary N) is 1. The van der Waals surface area contributed by atoms with Gasteiger partial charge in [-0.1, -0.05) is 11.6 Å². The second-order valence-corrected chi connectivity index (χ2v) is 5.14. The van der Waals surface area contributed by atoms with Crippen LogP contribution in [0.25, 0.3) is 0 Å². The van der Waals surface area contributed by atoms with E-state index >= 15 is 0 Å². The van der Waals surface area contributed by atoms with Crippen molar-refractivity contribution in [2.75, 3.05) is 19.8 Å². The Labute approximate surface area is 121 Å². The van der Waals surface area contributed by atoms with E-state index in [9.17, 15) is 14.7 Å². The lowest BCUT2D eigenvalue weighted by atomic mass is 9.80. The number of hydrogen-bond acceptors (Lipinski definition) is 4. The van der Waals surface area contributed by atoms with E-state index in [0.717, 1.165) is 0 Å². The molecule has 2 N–H and O–H groups in total. The van der Waals surface area contributed by atoms with Gasteiger partial charge in [0.25, 0.3) is 5.91 Å². The molecule has 0 saturated carbocycles. The maximum Gasteiger partial charge on any atom is 0.311 e. The molecule has 2 rings (SSSR count). The van der Waals surface area contributed by atoms with Gasteiger partial charge in [-0.05, 0) is 25.0 Å². The number of pyridine rings is 1. The van der Waals surface area contributed by atoms with Gasteiger partial charge in [-0.15, -0.1) is 0 Å². The zero-order valence-corrected chi connectivity index (χ0v) is 11.5. The SMILES string of the molecule is O=C(NCC1(C(=O)O)CCOCC1)c1ccc(Cl)nc1. The molecule has 1 fully saturated rings. The molecule has 108 valence electrons. The monoisotopic (exact) mass is 298 g/mol. The van der Waals surface area contributed by atoms with Crippen LogP contribution in [0.1, 0.15) is 23.2 Å². The number of ether oxygens (including phenoxy) is 1. The molecule has 2 heterocycles. The maximum atomic E-state index is 11.9. The number of carbonyl (C=O) groups excluding carboxylic acids is 1. The molecular weight excluding hydrogens is 284 g/mol. The number of carboxylic acid groups (broad SMARTS) is 1. The van der Waals surface area contributed by atoms with Crippen LogP contribution in [0.3, 0.4) is 0 Å². The number of hydrogen-bond donors (Lipinski definition) is 2. The van der Waals surface area contributed by atoms with Gasteiger partial charge < -0.3 is 15.2 Å². The summed E-state index contributed by atoms with van der Waals surface area (Å²) in [4.78, 5) is 27.2. The molecule has 1 aromatic rings. The van der Waals surface area contributed by atoms with E-state index in [4.69, 9.17) is 16.3 Å². The van der Waals surface area contributed by atoms with Crippen LogP contribution < -0.4 is 5.32 Å². The van der Waals surface area contributed by atoms with Gasteiger partial charge in [-0.25, -0.2) is 4.98 Å². The largest absolute Gasteiger partial charge is 0.481 e. The minimum atomic E-state index is -0.951. The summed E-state index contributed by atoms with van der Waals surface area (Å²) in [7, 11) is 0. The van der Waals surface area contributed by atoms with E-state index in [-0.39, 0.29) is 12.5 Å². The maximum absolute atomic E-state index is 11.9. The quantitative estimate of drug-likeness (QED) is 0.819. The zero-order chi connectivity index (χ0) is 14.6. The highest BCUT2D eigenvalue weighted by Gasteiger charge is 2.40. The van der Waals surface area contributed by atoms with Crippen LogP contribution in [-0.2, 0) is 9.53 Å². The lowest BCUT2D eigenvalue weighted by Crippen LogP contribution is -2.46. The van der Waals surface area contributed by atoms with Crippen LogP contribution in [0.15, 0.2) is 18.3 Å². The van der Waals surface area contributed by atoms with Crippen LogP contribution in [0.4, 0.5) is 0 Å². The first kappa shape index (κ1) is 14.7. The van der Waals surface area contributed by atoms with Crippen molar-refractivity contribution in [1.29, 1.82) is 0 Å².